The van der Waals surface area contributed by atoms with Gasteiger partial charge in [0.05, 0.1) is 0 Å². The molecule has 2 atom stereocenters. The molecular formula is C17H25NS. The predicted molar refractivity (Wildman–Crippen MR) is 87.0 cm³/mol. The molecule has 2 heteroatoms. The average molecular weight is 275 g/mol. The first-order chi connectivity index (χ1) is 9.29. The molecule has 0 saturated heterocycles. The van der Waals surface area contributed by atoms with Crippen LogP contribution >= 0.6 is 11.8 Å². The smallest absolute Gasteiger partial charge is 0.0478 e. The molecule has 1 saturated carbocycles. The molecule has 1 fully saturated rings. The quantitative estimate of drug-likeness (QED) is 0.565. The summed E-state index contributed by atoms with van der Waals surface area (Å²) in [5.41, 5.74) is 1.28. The van der Waals surface area contributed by atoms with Gasteiger partial charge in [0.2, 0.25) is 0 Å². The summed E-state index contributed by atoms with van der Waals surface area (Å²) in [6.45, 7) is 7.30. The van der Waals surface area contributed by atoms with Gasteiger partial charge < -0.3 is 5.32 Å². The van der Waals surface area contributed by atoms with Crippen LogP contribution in [0.2, 0.25) is 0 Å². The second-order valence-electron chi connectivity index (χ2n) is 5.61. The van der Waals surface area contributed by atoms with Crippen molar-refractivity contribution >= 4 is 17.4 Å². The van der Waals surface area contributed by atoms with Crippen LogP contribution in [0.1, 0.15) is 32.6 Å². The van der Waals surface area contributed by atoms with Gasteiger partial charge in [-0.2, -0.15) is 0 Å². The number of benzene rings is 1. The monoisotopic (exact) mass is 275 g/mol. The van der Waals surface area contributed by atoms with Gasteiger partial charge in [-0.05, 0) is 36.8 Å². The van der Waals surface area contributed by atoms with Crippen molar-refractivity contribution in [1.82, 2.24) is 0 Å². The molecule has 0 aliphatic heterocycles. The Bertz CT molecular complexity index is 402. The average Bonchev–Trinajstić information content (AvgIpc) is 2.44. The highest BCUT2D eigenvalue weighted by molar-refractivity contribution is 7.99. The first-order valence-electron chi connectivity index (χ1n) is 7.36. The van der Waals surface area contributed by atoms with Crippen LogP contribution in [-0.2, 0) is 0 Å². The molecule has 0 radical (unpaired) electrons. The summed E-state index contributed by atoms with van der Waals surface area (Å²) in [6.07, 6.45) is 7.56. The number of rotatable bonds is 6. The number of thioether (sulfide) groups is 1. The molecule has 1 aliphatic rings. The third-order valence-electron chi connectivity index (χ3n) is 3.87. The Hall–Kier alpha value is -0.890. The predicted octanol–water partition coefficient (Wildman–Crippen LogP) is 5.20. The second-order valence-corrected chi connectivity index (χ2v) is 6.68. The van der Waals surface area contributed by atoms with Crippen LogP contribution in [0.25, 0.3) is 0 Å². The van der Waals surface area contributed by atoms with E-state index in [1.165, 1.54) is 36.3 Å². The Morgan fingerprint density at radius 2 is 2.21 bits per heavy atom. The van der Waals surface area contributed by atoms with Gasteiger partial charge in [-0.3, -0.25) is 0 Å². The maximum Gasteiger partial charge on any atom is 0.0478 e. The van der Waals surface area contributed by atoms with Gasteiger partial charge in [0.15, 0.2) is 0 Å². The van der Waals surface area contributed by atoms with E-state index in [1.54, 1.807) is 0 Å². The van der Waals surface area contributed by atoms with Crippen molar-refractivity contribution in [3.8, 4) is 0 Å². The molecule has 0 amide bonds. The normalized spacial score (nSPS) is 23.0. The molecular weight excluding hydrogens is 250 g/mol. The number of nitrogens with one attached hydrogen (secondary N) is 1. The van der Waals surface area contributed by atoms with E-state index in [0.717, 1.165) is 24.1 Å². The van der Waals surface area contributed by atoms with Crippen LogP contribution in [0.3, 0.4) is 0 Å². The zero-order chi connectivity index (χ0) is 13.5. The van der Waals surface area contributed by atoms with Crippen LogP contribution in [0.4, 0.5) is 5.69 Å². The van der Waals surface area contributed by atoms with E-state index in [-0.39, 0.29) is 0 Å². The van der Waals surface area contributed by atoms with Crippen molar-refractivity contribution in [2.75, 3.05) is 17.6 Å². The number of hydrogen-bond acceptors (Lipinski definition) is 2. The van der Waals surface area contributed by atoms with E-state index in [1.807, 2.05) is 17.8 Å². The second kappa shape index (κ2) is 7.64. The Morgan fingerprint density at radius 3 is 3.00 bits per heavy atom. The van der Waals surface area contributed by atoms with Crippen LogP contribution < -0.4 is 5.32 Å². The van der Waals surface area contributed by atoms with Crippen LogP contribution in [0.5, 0.6) is 0 Å². The maximum absolute atomic E-state index is 3.79. The van der Waals surface area contributed by atoms with Crippen molar-refractivity contribution in [1.29, 1.82) is 0 Å². The highest BCUT2D eigenvalue weighted by atomic mass is 32.2. The molecule has 104 valence electrons. The molecule has 1 N–H and O–H groups in total. The Labute approximate surface area is 121 Å². The topological polar surface area (TPSA) is 12.0 Å². The van der Waals surface area contributed by atoms with Crippen molar-refractivity contribution in [2.45, 2.75) is 37.5 Å². The molecule has 0 heterocycles. The third kappa shape index (κ3) is 4.61. The van der Waals surface area contributed by atoms with E-state index in [2.05, 4.69) is 43.1 Å². The van der Waals surface area contributed by atoms with Crippen molar-refractivity contribution in [3.05, 3.63) is 36.9 Å². The molecule has 19 heavy (non-hydrogen) atoms. The van der Waals surface area contributed by atoms with Crippen LogP contribution in [0, 0.1) is 11.8 Å². The molecule has 2 unspecified atom stereocenters. The van der Waals surface area contributed by atoms with E-state index in [9.17, 15) is 0 Å². The van der Waals surface area contributed by atoms with Gasteiger partial charge in [-0.25, -0.2) is 0 Å². The van der Waals surface area contributed by atoms with Crippen molar-refractivity contribution < 1.29 is 0 Å². The zero-order valence-electron chi connectivity index (χ0n) is 11.9. The highest BCUT2D eigenvalue weighted by Gasteiger charge is 2.18. The summed E-state index contributed by atoms with van der Waals surface area (Å²) in [5, 5.41) is 3.66. The largest absolute Gasteiger partial charge is 0.384 e. The van der Waals surface area contributed by atoms with E-state index in [0.29, 0.717) is 0 Å². The molecule has 1 aromatic carbocycles. The minimum Gasteiger partial charge on any atom is -0.384 e. The van der Waals surface area contributed by atoms with Crippen molar-refractivity contribution in [2.24, 2.45) is 11.8 Å². The minimum absolute atomic E-state index is 0.848. The number of anilines is 1. The van der Waals surface area contributed by atoms with E-state index in [4.69, 9.17) is 0 Å². The van der Waals surface area contributed by atoms with Gasteiger partial charge in [0.1, 0.15) is 0 Å². The SMILES string of the molecule is C=CCSc1ccccc1NCC1CCCC(C)C1. The Balaban J connectivity index is 1.89. The van der Waals surface area contributed by atoms with Gasteiger partial charge in [0, 0.05) is 22.9 Å². The Kier molecular flexibility index (Phi) is 5.84. The third-order valence-corrected chi connectivity index (χ3v) is 4.94. The summed E-state index contributed by atoms with van der Waals surface area (Å²) in [4.78, 5) is 1.34. The summed E-state index contributed by atoms with van der Waals surface area (Å²) in [6, 6.07) is 8.61. The summed E-state index contributed by atoms with van der Waals surface area (Å²) < 4.78 is 0. The van der Waals surface area contributed by atoms with Gasteiger partial charge in [-0.1, -0.05) is 38.0 Å². The lowest BCUT2D eigenvalue weighted by Gasteiger charge is -2.27. The lowest BCUT2D eigenvalue weighted by Crippen LogP contribution is -2.21. The molecule has 1 aromatic rings. The first kappa shape index (κ1) is 14.5. The maximum atomic E-state index is 3.79. The van der Waals surface area contributed by atoms with Crippen LogP contribution in [-0.4, -0.2) is 12.3 Å². The Morgan fingerprint density at radius 1 is 1.37 bits per heavy atom. The fourth-order valence-corrected chi connectivity index (χ4v) is 3.65. The molecule has 1 aliphatic carbocycles. The van der Waals surface area contributed by atoms with E-state index < -0.39 is 0 Å². The lowest BCUT2D eigenvalue weighted by atomic mass is 9.82. The summed E-state index contributed by atoms with van der Waals surface area (Å²) in [5.74, 6) is 2.73. The molecule has 0 spiro atoms. The highest BCUT2D eigenvalue weighted by Crippen LogP contribution is 2.31. The fourth-order valence-electron chi connectivity index (χ4n) is 2.89. The number of para-hydroxylation sites is 1. The molecule has 1 nitrogen and oxygen atoms in total. The molecule has 2 rings (SSSR count). The summed E-state index contributed by atoms with van der Waals surface area (Å²) >= 11 is 1.85. The van der Waals surface area contributed by atoms with Gasteiger partial charge in [-0.15, -0.1) is 18.3 Å². The summed E-state index contributed by atoms with van der Waals surface area (Å²) in [7, 11) is 0. The molecule has 0 bridgehead atoms. The minimum atomic E-state index is 0.848. The number of hydrogen-bond donors (Lipinski definition) is 1. The standard InChI is InChI=1S/C17H25NS/c1-3-11-19-17-10-5-4-9-16(17)18-13-15-8-6-7-14(2)12-15/h3-5,9-10,14-15,18H,1,6-8,11-13H2,2H3. The molecule has 0 aromatic heterocycles. The van der Waals surface area contributed by atoms with Crippen molar-refractivity contribution in [3.63, 3.8) is 0 Å². The zero-order valence-corrected chi connectivity index (χ0v) is 12.7. The van der Waals surface area contributed by atoms with E-state index >= 15 is 0 Å². The van der Waals surface area contributed by atoms with Gasteiger partial charge in [0.25, 0.3) is 0 Å². The fraction of sp³-hybridized carbons (Fsp3) is 0.529. The lowest BCUT2D eigenvalue weighted by molar-refractivity contribution is 0.293. The first-order valence-corrected chi connectivity index (χ1v) is 8.34. The van der Waals surface area contributed by atoms with Crippen LogP contribution in [0.15, 0.2) is 41.8 Å². The van der Waals surface area contributed by atoms with Gasteiger partial charge >= 0.3 is 0 Å².